The average molecular weight is 364 g/mol. The number of benzene rings is 2. The van der Waals surface area contributed by atoms with Crippen molar-refractivity contribution in [3.05, 3.63) is 36.4 Å². The summed E-state index contributed by atoms with van der Waals surface area (Å²) < 4.78 is 10.1. The molecule has 140 valence electrons. The lowest BCUT2D eigenvalue weighted by Gasteiger charge is -2.08. The number of hydrogen-bond acceptors (Lipinski definition) is 8. The van der Waals surface area contributed by atoms with E-state index < -0.39 is 14.2 Å². The number of ether oxygens (including phenoxy) is 2. The van der Waals surface area contributed by atoms with Gasteiger partial charge in [0, 0.05) is 10.9 Å². The first-order valence-electron chi connectivity index (χ1n) is 7.95. The van der Waals surface area contributed by atoms with Gasteiger partial charge in [-0.1, -0.05) is 24.3 Å². The molecular weight excluding hydrogens is 342 g/mol. The van der Waals surface area contributed by atoms with Gasteiger partial charge in [-0.2, -0.15) is 0 Å². The lowest BCUT2D eigenvalue weighted by molar-refractivity contribution is 0.318. The molecule has 0 saturated heterocycles. The number of aromatic hydroxyl groups is 2. The lowest BCUT2D eigenvalue weighted by Crippen LogP contribution is -2.30. The van der Waals surface area contributed by atoms with Gasteiger partial charge in [0.05, 0.1) is 13.2 Å². The van der Waals surface area contributed by atoms with Crippen molar-refractivity contribution in [2.24, 2.45) is 0 Å². The number of para-hydroxylation sites is 2. The molecule has 0 saturated carbocycles. The van der Waals surface area contributed by atoms with E-state index in [4.69, 9.17) is 29.6 Å². The highest BCUT2D eigenvalue weighted by Gasteiger charge is 2.19. The minimum absolute atomic E-state index is 0.0472. The lowest BCUT2D eigenvalue weighted by atomic mass is 9.79. The Morgan fingerprint density at radius 3 is 1.31 bits per heavy atom. The van der Waals surface area contributed by atoms with E-state index in [0.717, 1.165) is 0 Å². The molecule has 0 amide bonds. The summed E-state index contributed by atoms with van der Waals surface area (Å²) in [5.41, 5.74) is 0.0944. The number of phenols is 2. The Morgan fingerprint density at radius 2 is 1.04 bits per heavy atom. The van der Waals surface area contributed by atoms with Gasteiger partial charge in [-0.15, -0.1) is 0 Å². The van der Waals surface area contributed by atoms with E-state index >= 15 is 0 Å². The van der Waals surface area contributed by atoms with Crippen molar-refractivity contribution in [1.29, 1.82) is 0 Å². The Labute approximate surface area is 152 Å². The van der Waals surface area contributed by atoms with Crippen LogP contribution in [-0.4, -0.2) is 57.8 Å². The molecule has 0 aliphatic rings. The molecule has 0 heterocycles. The maximum Gasteiger partial charge on any atom is 0.492 e. The van der Waals surface area contributed by atoms with Crippen molar-refractivity contribution in [3.8, 4) is 23.0 Å². The number of rotatable bonds is 6. The normalized spacial score (nSPS) is 9.77. The van der Waals surface area contributed by atoms with Gasteiger partial charge >= 0.3 is 14.2 Å². The van der Waals surface area contributed by atoms with Crippen molar-refractivity contribution < 1.29 is 39.8 Å². The fourth-order valence-corrected chi connectivity index (χ4v) is 2.04. The first-order chi connectivity index (χ1) is 12.3. The molecule has 8 nitrogen and oxygen atoms in total. The molecule has 0 aromatic heterocycles. The molecule has 2 aromatic rings. The van der Waals surface area contributed by atoms with Gasteiger partial charge in [-0.3, -0.25) is 0 Å². The zero-order valence-electron chi connectivity index (χ0n) is 14.5. The van der Waals surface area contributed by atoms with Crippen LogP contribution in [0.2, 0.25) is 0 Å². The third kappa shape index (κ3) is 5.85. The summed E-state index contributed by atoms with van der Waals surface area (Å²) in [7, 11) is -3.36. The quantitative estimate of drug-likeness (QED) is 0.357. The van der Waals surface area contributed by atoms with Crippen LogP contribution in [0.1, 0.15) is 13.8 Å². The topological polar surface area (TPSA) is 140 Å². The molecule has 0 aliphatic carbocycles. The van der Waals surface area contributed by atoms with Gasteiger partial charge in [-0.25, -0.2) is 0 Å². The predicted molar refractivity (Wildman–Crippen MR) is 98.2 cm³/mol. The van der Waals surface area contributed by atoms with Crippen molar-refractivity contribution in [3.63, 3.8) is 0 Å². The van der Waals surface area contributed by atoms with Crippen LogP contribution in [0.3, 0.4) is 0 Å². The molecule has 6 N–H and O–H groups in total. The summed E-state index contributed by atoms with van der Waals surface area (Å²) in [6.07, 6.45) is 0. The van der Waals surface area contributed by atoms with Gasteiger partial charge in [0.25, 0.3) is 0 Å². The third-order valence-electron chi connectivity index (χ3n) is 3.22. The predicted octanol–water partition coefficient (Wildman–Crippen LogP) is -1.06. The Kier molecular flexibility index (Phi) is 8.80. The summed E-state index contributed by atoms with van der Waals surface area (Å²) in [5.74, 6) is 0.0694. The Balaban J connectivity index is 0.000000260. The molecular formula is C16H22B2O8. The minimum Gasteiger partial charge on any atom is -0.505 e. The number of hydrogen-bond donors (Lipinski definition) is 6. The van der Waals surface area contributed by atoms with Gasteiger partial charge in [0.2, 0.25) is 0 Å². The molecule has 0 radical (unpaired) electrons. The van der Waals surface area contributed by atoms with E-state index in [1.807, 2.05) is 0 Å². The molecule has 26 heavy (non-hydrogen) atoms. The van der Waals surface area contributed by atoms with Crippen molar-refractivity contribution in [2.75, 3.05) is 13.2 Å². The van der Waals surface area contributed by atoms with E-state index in [1.54, 1.807) is 38.1 Å². The molecule has 10 heteroatoms. The van der Waals surface area contributed by atoms with Gasteiger partial charge in [0.1, 0.15) is 0 Å². The summed E-state index contributed by atoms with van der Waals surface area (Å²) in [5, 5.41) is 54.2. The largest absolute Gasteiger partial charge is 0.505 e. The standard InChI is InChI=1S/2C8H11BO4/c2*1-2-13-7-5-3-4-6(8(7)10)9(11)12/h2*3-5,10-12H,2H2,1H3. The van der Waals surface area contributed by atoms with E-state index in [2.05, 4.69) is 0 Å². The Bertz CT molecular complexity index is 634. The summed E-state index contributed by atoms with van der Waals surface area (Å²) >= 11 is 0. The van der Waals surface area contributed by atoms with Gasteiger partial charge in [-0.05, 0) is 26.0 Å². The monoisotopic (exact) mass is 364 g/mol. The van der Waals surface area contributed by atoms with Crippen LogP contribution in [0.15, 0.2) is 36.4 Å². The molecule has 2 rings (SSSR count). The second kappa shape index (κ2) is 10.6. The highest BCUT2D eigenvalue weighted by Crippen LogP contribution is 2.23. The Morgan fingerprint density at radius 1 is 0.692 bits per heavy atom. The van der Waals surface area contributed by atoms with E-state index in [-0.39, 0.29) is 33.9 Å². The van der Waals surface area contributed by atoms with E-state index in [9.17, 15) is 10.2 Å². The van der Waals surface area contributed by atoms with Crippen LogP contribution in [-0.2, 0) is 0 Å². The molecule has 0 atom stereocenters. The van der Waals surface area contributed by atoms with Crippen molar-refractivity contribution in [2.45, 2.75) is 13.8 Å². The number of phenolic OH excluding ortho intramolecular Hbond substituents is 2. The van der Waals surface area contributed by atoms with Crippen LogP contribution in [0.4, 0.5) is 0 Å². The highest BCUT2D eigenvalue weighted by molar-refractivity contribution is 6.60. The van der Waals surface area contributed by atoms with E-state index in [1.165, 1.54) is 12.1 Å². The zero-order valence-corrected chi connectivity index (χ0v) is 14.5. The highest BCUT2D eigenvalue weighted by atomic mass is 16.5. The smallest absolute Gasteiger partial charge is 0.492 e. The fraction of sp³-hybridized carbons (Fsp3) is 0.250. The maximum absolute atomic E-state index is 9.45. The third-order valence-corrected chi connectivity index (χ3v) is 3.22. The fourth-order valence-electron chi connectivity index (χ4n) is 2.04. The van der Waals surface area contributed by atoms with Crippen molar-refractivity contribution >= 4 is 25.2 Å². The van der Waals surface area contributed by atoms with Crippen LogP contribution in [0.25, 0.3) is 0 Å². The SMILES string of the molecule is CCOc1cccc(B(O)O)c1O.CCOc1cccc(B(O)O)c1O. The summed E-state index contributed by atoms with van der Waals surface area (Å²) in [4.78, 5) is 0. The first kappa shape index (κ1) is 21.7. The van der Waals surface area contributed by atoms with Gasteiger partial charge < -0.3 is 39.8 Å². The first-order valence-corrected chi connectivity index (χ1v) is 7.95. The molecule has 2 aromatic carbocycles. The molecule has 0 bridgehead atoms. The minimum atomic E-state index is -1.68. The van der Waals surface area contributed by atoms with Crippen LogP contribution >= 0.6 is 0 Å². The van der Waals surface area contributed by atoms with Gasteiger partial charge in [0.15, 0.2) is 23.0 Å². The zero-order chi connectivity index (χ0) is 19.7. The molecule has 0 fully saturated rings. The van der Waals surface area contributed by atoms with Crippen molar-refractivity contribution in [1.82, 2.24) is 0 Å². The second-order valence-electron chi connectivity index (χ2n) is 5.00. The summed E-state index contributed by atoms with van der Waals surface area (Å²) in [6.45, 7) is 4.39. The van der Waals surface area contributed by atoms with Crippen LogP contribution in [0.5, 0.6) is 23.0 Å². The van der Waals surface area contributed by atoms with E-state index in [0.29, 0.717) is 13.2 Å². The summed E-state index contributed by atoms with van der Waals surface area (Å²) in [6, 6.07) is 9.12. The maximum atomic E-state index is 9.45. The molecule has 0 spiro atoms. The van der Waals surface area contributed by atoms with Crippen LogP contribution < -0.4 is 20.4 Å². The average Bonchev–Trinajstić information content (AvgIpc) is 2.59. The molecule has 0 unspecified atom stereocenters. The Hall–Kier alpha value is -2.39. The molecule has 0 aliphatic heterocycles. The second-order valence-corrected chi connectivity index (χ2v) is 5.00. The van der Waals surface area contributed by atoms with Crippen LogP contribution in [0, 0.1) is 0 Å².